The molecule has 0 spiro atoms. The third kappa shape index (κ3) is 5.15. The van der Waals surface area contributed by atoms with Crippen LogP contribution in [0.5, 0.6) is 11.5 Å². The molecule has 1 aromatic rings. The summed E-state index contributed by atoms with van der Waals surface area (Å²) in [5.41, 5.74) is 0.833. The fourth-order valence-corrected chi connectivity index (χ4v) is 2.71. The lowest BCUT2D eigenvalue weighted by molar-refractivity contribution is -0.127. The van der Waals surface area contributed by atoms with Crippen LogP contribution in [0.15, 0.2) is 30.0 Å². The van der Waals surface area contributed by atoms with Crippen LogP contribution >= 0.6 is 0 Å². The first-order valence-corrected chi connectivity index (χ1v) is 8.75. The Balaban J connectivity index is 2.11. The molecule has 0 unspecified atom stereocenters. The molecule has 0 radical (unpaired) electrons. The lowest BCUT2D eigenvalue weighted by Gasteiger charge is -2.26. The van der Waals surface area contributed by atoms with Crippen LogP contribution < -0.4 is 14.8 Å². The molecule has 1 N–H and O–H groups in total. The first-order valence-electron chi connectivity index (χ1n) is 8.75. The number of hydrogen-bond acceptors (Lipinski definition) is 5. The third-order valence-electron chi connectivity index (χ3n) is 3.92. The van der Waals surface area contributed by atoms with E-state index in [4.69, 9.17) is 9.47 Å². The maximum absolute atomic E-state index is 12.4. The van der Waals surface area contributed by atoms with Gasteiger partial charge in [0.1, 0.15) is 11.6 Å². The van der Waals surface area contributed by atoms with Gasteiger partial charge in [-0.3, -0.25) is 4.79 Å². The Morgan fingerprint density at radius 1 is 1.20 bits per heavy atom. The van der Waals surface area contributed by atoms with E-state index in [9.17, 15) is 10.1 Å². The van der Waals surface area contributed by atoms with Crippen LogP contribution in [0.4, 0.5) is 5.69 Å². The van der Waals surface area contributed by atoms with E-state index in [1.165, 1.54) is 6.20 Å². The van der Waals surface area contributed by atoms with Crippen LogP contribution in [0.3, 0.4) is 0 Å². The summed E-state index contributed by atoms with van der Waals surface area (Å²) >= 11 is 0. The number of nitriles is 1. The molecule has 2 rings (SSSR count). The molecule has 25 heavy (non-hydrogen) atoms. The van der Waals surface area contributed by atoms with Gasteiger partial charge in [0.15, 0.2) is 11.5 Å². The van der Waals surface area contributed by atoms with Crippen molar-refractivity contribution in [1.82, 2.24) is 4.90 Å². The Kier molecular flexibility index (Phi) is 7.15. The largest absolute Gasteiger partial charge is 0.490 e. The lowest BCUT2D eigenvalue weighted by Crippen LogP contribution is -2.36. The number of piperidine rings is 1. The van der Waals surface area contributed by atoms with Gasteiger partial charge < -0.3 is 19.7 Å². The minimum atomic E-state index is -0.217. The molecule has 0 saturated carbocycles. The molecule has 1 aromatic carbocycles. The van der Waals surface area contributed by atoms with Crippen molar-refractivity contribution in [1.29, 1.82) is 5.26 Å². The predicted octanol–water partition coefficient (Wildman–Crippen LogP) is 3.32. The molecule has 0 aliphatic carbocycles. The molecule has 0 aromatic heterocycles. The highest BCUT2D eigenvalue weighted by molar-refractivity contribution is 5.97. The van der Waals surface area contributed by atoms with E-state index in [1.54, 1.807) is 11.0 Å². The molecule has 1 fully saturated rings. The minimum Gasteiger partial charge on any atom is -0.490 e. The van der Waals surface area contributed by atoms with Crippen LogP contribution in [0.25, 0.3) is 0 Å². The molecule has 0 atom stereocenters. The number of amides is 1. The van der Waals surface area contributed by atoms with E-state index in [-0.39, 0.29) is 11.5 Å². The van der Waals surface area contributed by atoms with Crippen molar-refractivity contribution < 1.29 is 14.3 Å². The molecular formula is C19H25N3O3. The maximum Gasteiger partial charge on any atom is 0.266 e. The van der Waals surface area contributed by atoms with Crippen LogP contribution in [0, 0.1) is 11.3 Å². The molecule has 1 saturated heterocycles. The van der Waals surface area contributed by atoms with E-state index >= 15 is 0 Å². The molecule has 1 amide bonds. The molecule has 1 heterocycles. The maximum atomic E-state index is 12.4. The first kappa shape index (κ1) is 18.7. The number of carbonyl (C=O) groups is 1. The van der Waals surface area contributed by atoms with E-state index in [2.05, 4.69) is 5.32 Å². The van der Waals surface area contributed by atoms with Crippen LogP contribution in [0.1, 0.15) is 33.1 Å². The first-order chi connectivity index (χ1) is 12.2. The Hall–Kier alpha value is -2.68. The highest BCUT2D eigenvalue weighted by atomic mass is 16.5. The SMILES string of the molecule is CCOc1ccc(N/C=C(/C#N)C(=O)N2CCCCC2)cc1OCC. The predicted molar refractivity (Wildman–Crippen MR) is 96.5 cm³/mol. The topological polar surface area (TPSA) is 74.6 Å². The summed E-state index contributed by atoms with van der Waals surface area (Å²) in [6, 6.07) is 7.42. The van der Waals surface area contributed by atoms with Gasteiger partial charge in [-0.25, -0.2) is 0 Å². The Bertz CT molecular complexity index is 658. The second-order valence-corrected chi connectivity index (χ2v) is 5.69. The molecule has 1 aliphatic rings. The second kappa shape index (κ2) is 9.58. The van der Waals surface area contributed by atoms with Gasteiger partial charge >= 0.3 is 0 Å². The Morgan fingerprint density at radius 2 is 1.88 bits per heavy atom. The summed E-state index contributed by atoms with van der Waals surface area (Å²) in [5.74, 6) is 1.08. The molecule has 6 nitrogen and oxygen atoms in total. The van der Waals surface area contributed by atoms with Gasteiger partial charge in [-0.05, 0) is 45.2 Å². The summed E-state index contributed by atoms with van der Waals surface area (Å²) in [5, 5.41) is 12.3. The monoisotopic (exact) mass is 343 g/mol. The van der Waals surface area contributed by atoms with Gasteiger partial charge in [0.05, 0.1) is 13.2 Å². The fraction of sp³-hybridized carbons (Fsp3) is 0.474. The lowest BCUT2D eigenvalue weighted by atomic mass is 10.1. The average molecular weight is 343 g/mol. The Labute approximate surface area is 149 Å². The minimum absolute atomic E-state index is 0.105. The standard InChI is InChI=1S/C19H25N3O3/c1-3-24-17-9-8-16(12-18(17)25-4-2)21-14-15(13-20)19(23)22-10-6-5-7-11-22/h8-9,12,14,21H,3-7,10-11H2,1-2H3/b15-14-. The van der Waals surface area contributed by atoms with Crippen molar-refractivity contribution in [2.45, 2.75) is 33.1 Å². The number of hydrogen-bond donors (Lipinski definition) is 1. The van der Waals surface area contributed by atoms with Crippen molar-refractivity contribution in [3.05, 3.63) is 30.0 Å². The van der Waals surface area contributed by atoms with Gasteiger partial charge in [-0.2, -0.15) is 5.26 Å². The van der Waals surface area contributed by atoms with Gasteiger partial charge in [0.2, 0.25) is 0 Å². The molecule has 1 aliphatic heterocycles. The summed E-state index contributed by atoms with van der Waals surface area (Å²) < 4.78 is 11.1. The second-order valence-electron chi connectivity index (χ2n) is 5.69. The summed E-state index contributed by atoms with van der Waals surface area (Å²) in [6.07, 6.45) is 4.59. The number of carbonyl (C=O) groups excluding carboxylic acids is 1. The van der Waals surface area contributed by atoms with E-state index in [1.807, 2.05) is 32.0 Å². The van der Waals surface area contributed by atoms with Gasteiger partial charge in [0, 0.05) is 31.0 Å². The third-order valence-corrected chi connectivity index (χ3v) is 3.92. The summed E-state index contributed by atoms with van der Waals surface area (Å²) in [4.78, 5) is 14.1. The normalized spacial score (nSPS) is 14.6. The van der Waals surface area contributed by atoms with Gasteiger partial charge in [0.25, 0.3) is 5.91 Å². The number of benzene rings is 1. The highest BCUT2D eigenvalue weighted by Gasteiger charge is 2.20. The van der Waals surface area contributed by atoms with E-state index < -0.39 is 0 Å². The van der Waals surface area contributed by atoms with Crippen molar-refractivity contribution >= 4 is 11.6 Å². The number of ether oxygens (including phenoxy) is 2. The van der Waals surface area contributed by atoms with Gasteiger partial charge in [-0.1, -0.05) is 0 Å². The average Bonchev–Trinajstić information content (AvgIpc) is 2.65. The molecule has 6 heteroatoms. The number of nitrogens with one attached hydrogen (secondary N) is 1. The number of rotatable bonds is 7. The zero-order chi connectivity index (χ0) is 18.1. The van der Waals surface area contributed by atoms with Crippen LogP contribution in [-0.2, 0) is 4.79 Å². The molecular weight excluding hydrogens is 318 g/mol. The quantitative estimate of drug-likeness (QED) is 0.607. The molecule has 0 bridgehead atoms. The van der Waals surface area contributed by atoms with Crippen molar-refractivity contribution in [2.75, 3.05) is 31.6 Å². The fourth-order valence-electron chi connectivity index (χ4n) is 2.71. The number of anilines is 1. The van der Waals surface area contributed by atoms with Crippen molar-refractivity contribution in [3.8, 4) is 17.6 Å². The van der Waals surface area contributed by atoms with Gasteiger partial charge in [-0.15, -0.1) is 0 Å². The molecule has 134 valence electrons. The number of nitrogens with zero attached hydrogens (tertiary/aromatic N) is 2. The van der Waals surface area contributed by atoms with E-state index in [0.29, 0.717) is 24.7 Å². The zero-order valence-corrected chi connectivity index (χ0v) is 14.9. The summed E-state index contributed by atoms with van der Waals surface area (Å²) in [7, 11) is 0. The smallest absolute Gasteiger partial charge is 0.266 e. The van der Waals surface area contributed by atoms with Crippen LogP contribution in [-0.4, -0.2) is 37.1 Å². The van der Waals surface area contributed by atoms with Crippen LogP contribution in [0.2, 0.25) is 0 Å². The van der Waals surface area contributed by atoms with Crippen molar-refractivity contribution in [2.24, 2.45) is 0 Å². The zero-order valence-electron chi connectivity index (χ0n) is 14.9. The van der Waals surface area contributed by atoms with E-state index in [0.717, 1.165) is 38.0 Å². The highest BCUT2D eigenvalue weighted by Crippen LogP contribution is 2.30. The number of likely N-dealkylation sites (tertiary alicyclic amines) is 1. The summed E-state index contributed by atoms with van der Waals surface area (Å²) in [6.45, 7) is 6.33. The Morgan fingerprint density at radius 3 is 2.52 bits per heavy atom. The van der Waals surface area contributed by atoms with Crippen molar-refractivity contribution in [3.63, 3.8) is 0 Å².